The van der Waals surface area contributed by atoms with Gasteiger partial charge >= 0.3 is 26.2 Å². The van der Waals surface area contributed by atoms with Crippen molar-refractivity contribution in [2.75, 3.05) is 0 Å². The summed E-state index contributed by atoms with van der Waals surface area (Å²) in [5.41, 5.74) is 7.85. The van der Waals surface area contributed by atoms with Gasteiger partial charge in [-0.05, 0) is 64.2 Å². The normalized spacial score (nSPS) is 17.4. The van der Waals surface area contributed by atoms with E-state index >= 15 is 0 Å². The van der Waals surface area contributed by atoms with Crippen molar-refractivity contribution in [3.05, 3.63) is 159 Å². The fraction of sp³-hybridized carbons (Fsp3) is 0.176. The average molecular weight is 534 g/mol. The van der Waals surface area contributed by atoms with E-state index in [1.165, 1.54) is 33.4 Å². The molecule has 3 aliphatic rings. The second-order valence-electron chi connectivity index (χ2n) is 7.98. The number of rotatable bonds is 6. The molecule has 172 valence electrons. The SMILES string of the molecule is CC[C-]=C(CC)C(=[C-]C1=C(c2ccccc2)CC1)c1ccccc1.[CH]1[CH][CH][CH][CH]1.[CH]1[CH][CH][CH][CH]1.[Zr+4]. The van der Waals surface area contributed by atoms with E-state index in [4.69, 9.17) is 0 Å². The molecule has 2 aromatic carbocycles. The molecule has 0 aromatic heterocycles. The van der Waals surface area contributed by atoms with Crippen molar-refractivity contribution in [1.29, 1.82) is 0 Å². The molecule has 0 unspecified atom stereocenters. The molecular formula is C34H34Zr+2. The Morgan fingerprint density at radius 3 is 1.54 bits per heavy atom. The van der Waals surface area contributed by atoms with Gasteiger partial charge in [0.05, 0.1) is 0 Å². The molecule has 35 heavy (non-hydrogen) atoms. The standard InChI is InChI=1S/C24H24.2C5H5.Zr/c1-3-11-19(4-2)24(21-14-9-6-10-15-21)18-22-16-17-23(22)20-12-7-5-8-13-20;2*1-2-4-5-3-1;/h5-10,12-15H,3-4,16-17H2,1-2H3;2*1-5H;/q-2;;;+4. The van der Waals surface area contributed by atoms with Crippen LogP contribution in [0.5, 0.6) is 0 Å². The summed E-state index contributed by atoms with van der Waals surface area (Å²) in [4.78, 5) is 0. The number of allylic oxidation sites excluding steroid dienone is 6. The summed E-state index contributed by atoms with van der Waals surface area (Å²) in [5, 5.41) is 0. The first-order valence-electron chi connectivity index (χ1n) is 12.2. The first-order chi connectivity index (χ1) is 16.8. The minimum atomic E-state index is 0. The summed E-state index contributed by atoms with van der Waals surface area (Å²) in [7, 11) is 0. The predicted octanol–water partition coefficient (Wildman–Crippen LogP) is 8.71. The van der Waals surface area contributed by atoms with Gasteiger partial charge in [-0.2, -0.15) is 5.56 Å². The van der Waals surface area contributed by atoms with E-state index in [1.807, 2.05) is 64.2 Å². The zero-order chi connectivity index (χ0) is 23.8. The maximum Gasteiger partial charge on any atom is 4.00 e. The summed E-state index contributed by atoms with van der Waals surface area (Å²) in [6.07, 6.45) is 31.5. The Morgan fingerprint density at radius 1 is 0.657 bits per heavy atom. The van der Waals surface area contributed by atoms with Crippen LogP contribution in [0.1, 0.15) is 50.7 Å². The van der Waals surface area contributed by atoms with Gasteiger partial charge in [0.1, 0.15) is 0 Å². The Bertz CT molecular complexity index is 884. The molecule has 10 radical (unpaired) electrons. The van der Waals surface area contributed by atoms with Crippen LogP contribution in [-0.2, 0) is 26.2 Å². The van der Waals surface area contributed by atoms with Crippen LogP contribution in [0.3, 0.4) is 0 Å². The second-order valence-corrected chi connectivity index (χ2v) is 7.98. The summed E-state index contributed by atoms with van der Waals surface area (Å²) in [6.45, 7) is 4.35. The van der Waals surface area contributed by atoms with Crippen molar-refractivity contribution in [2.24, 2.45) is 0 Å². The maximum absolute atomic E-state index is 3.75. The Labute approximate surface area is 235 Å². The largest absolute Gasteiger partial charge is 4.00 e. The third kappa shape index (κ3) is 10.2. The van der Waals surface area contributed by atoms with Gasteiger partial charge in [-0.15, -0.1) is 29.7 Å². The van der Waals surface area contributed by atoms with Gasteiger partial charge in [0, 0.05) is 0 Å². The first-order valence-corrected chi connectivity index (χ1v) is 12.2. The molecule has 2 aromatic rings. The Morgan fingerprint density at radius 2 is 1.14 bits per heavy atom. The van der Waals surface area contributed by atoms with E-state index in [2.05, 4.69) is 86.7 Å². The molecule has 0 heterocycles. The smallest absolute Gasteiger partial charge is 0.324 e. The van der Waals surface area contributed by atoms with Crippen LogP contribution in [0.2, 0.25) is 0 Å². The van der Waals surface area contributed by atoms with Crippen molar-refractivity contribution in [1.82, 2.24) is 0 Å². The maximum atomic E-state index is 3.75. The van der Waals surface area contributed by atoms with Gasteiger partial charge in [0.25, 0.3) is 0 Å². The van der Waals surface area contributed by atoms with Crippen molar-refractivity contribution < 1.29 is 26.2 Å². The van der Waals surface area contributed by atoms with E-state index < -0.39 is 0 Å². The first kappa shape index (κ1) is 29.8. The molecular weight excluding hydrogens is 500 g/mol. The summed E-state index contributed by atoms with van der Waals surface area (Å²) in [5.74, 6) is 0. The summed E-state index contributed by atoms with van der Waals surface area (Å²) < 4.78 is 0. The van der Waals surface area contributed by atoms with Gasteiger partial charge < -0.3 is 6.08 Å². The Kier molecular flexibility index (Phi) is 15.2. The topological polar surface area (TPSA) is 0 Å². The Hall–Kier alpha value is -1.46. The molecule has 1 heteroatoms. The fourth-order valence-electron chi connectivity index (χ4n) is 3.79. The molecule has 2 fully saturated rings. The molecule has 0 N–H and O–H groups in total. The van der Waals surface area contributed by atoms with E-state index in [1.54, 1.807) is 0 Å². The molecule has 0 bridgehead atoms. The van der Waals surface area contributed by atoms with Crippen LogP contribution in [0.15, 0.2) is 71.8 Å². The third-order valence-corrected chi connectivity index (χ3v) is 5.61. The average Bonchev–Trinajstić information content (AvgIpc) is 3.64. The summed E-state index contributed by atoms with van der Waals surface area (Å²) in [6, 6.07) is 21.3. The van der Waals surface area contributed by atoms with Crippen LogP contribution in [0.25, 0.3) is 11.1 Å². The van der Waals surface area contributed by atoms with Crippen molar-refractivity contribution in [3.63, 3.8) is 0 Å². The van der Waals surface area contributed by atoms with E-state index in [0.717, 1.165) is 25.7 Å². The van der Waals surface area contributed by atoms with Gasteiger partial charge in [-0.1, -0.05) is 87.2 Å². The van der Waals surface area contributed by atoms with Crippen molar-refractivity contribution >= 4 is 11.1 Å². The number of hydrogen-bond donors (Lipinski definition) is 0. The van der Waals surface area contributed by atoms with Crippen molar-refractivity contribution in [2.45, 2.75) is 39.5 Å². The predicted molar refractivity (Wildman–Crippen MR) is 146 cm³/mol. The molecule has 2 saturated carbocycles. The van der Waals surface area contributed by atoms with Gasteiger partial charge in [0.15, 0.2) is 0 Å². The zero-order valence-electron chi connectivity index (χ0n) is 20.9. The second kappa shape index (κ2) is 17.9. The molecule has 0 saturated heterocycles. The molecule has 3 aliphatic carbocycles. The van der Waals surface area contributed by atoms with Crippen molar-refractivity contribution in [3.8, 4) is 0 Å². The molecule has 0 aliphatic heterocycles. The van der Waals surface area contributed by atoms with Gasteiger partial charge in [-0.3, -0.25) is 11.1 Å². The van der Waals surface area contributed by atoms with Crippen LogP contribution < -0.4 is 0 Å². The van der Waals surface area contributed by atoms with Crippen LogP contribution in [0.4, 0.5) is 0 Å². The molecule has 0 spiro atoms. The van der Waals surface area contributed by atoms with E-state index in [9.17, 15) is 0 Å². The molecule has 0 nitrogen and oxygen atoms in total. The molecule has 0 atom stereocenters. The third-order valence-electron chi connectivity index (χ3n) is 5.61. The minimum absolute atomic E-state index is 0. The number of hydrogen-bond acceptors (Lipinski definition) is 0. The van der Waals surface area contributed by atoms with Crippen LogP contribution in [0, 0.1) is 76.4 Å². The van der Waals surface area contributed by atoms with Gasteiger partial charge in [-0.25, -0.2) is 6.08 Å². The minimum Gasteiger partial charge on any atom is -0.324 e. The fourth-order valence-corrected chi connectivity index (χ4v) is 3.79. The van der Waals surface area contributed by atoms with E-state index in [0.29, 0.717) is 0 Å². The monoisotopic (exact) mass is 532 g/mol. The molecule has 0 amide bonds. The van der Waals surface area contributed by atoms with E-state index in [-0.39, 0.29) is 26.2 Å². The Balaban J connectivity index is 0.000000324. The molecule has 5 rings (SSSR count). The van der Waals surface area contributed by atoms with Gasteiger partial charge in [0.2, 0.25) is 0 Å². The zero-order valence-corrected chi connectivity index (χ0v) is 23.3. The summed E-state index contributed by atoms with van der Waals surface area (Å²) >= 11 is 0. The quantitative estimate of drug-likeness (QED) is 0.257. The van der Waals surface area contributed by atoms with Crippen LogP contribution in [-0.4, -0.2) is 0 Å². The number of benzene rings is 2. The van der Waals surface area contributed by atoms with Crippen LogP contribution >= 0.6 is 0 Å².